The fraction of sp³-hybridized carbons (Fsp3) is 0.150. The van der Waals surface area contributed by atoms with Gasteiger partial charge in [0.1, 0.15) is 11.6 Å². The lowest BCUT2D eigenvalue weighted by Crippen LogP contribution is -2.45. The lowest BCUT2D eigenvalue weighted by Gasteiger charge is -2.21. The summed E-state index contributed by atoms with van der Waals surface area (Å²) in [4.78, 5) is 49.6. The number of carbonyl (C=O) groups excluding carboxylic acids is 3. The van der Waals surface area contributed by atoms with Crippen molar-refractivity contribution in [3.05, 3.63) is 69.9 Å². The van der Waals surface area contributed by atoms with Gasteiger partial charge in [0.2, 0.25) is 5.91 Å². The van der Waals surface area contributed by atoms with Crippen molar-refractivity contribution < 1.29 is 19.3 Å². The summed E-state index contributed by atoms with van der Waals surface area (Å²) in [5, 5.41) is 14.8. The molecule has 3 aromatic rings. The quantitative estimate of drug-likeness (QED) is 0.416. The molecule has 9 nitrogen and oxygen atoms in total. The highest BCUT2D eigenvalue weighted by atomic mass is 16.6. The van der Waals surface area contributed by atoms with Crippen LogP contribution in [0.2, 0.25) is 0 Å². The van der Waals surface area contributed by atoms with Gasteiger partial charge in [-0.1, -0.05) is 12.1 Å². The summed E-state index contributed by atoms with van der Waals surface area (Å²) in [6.07, 6.45) is 1.85. The van der Waals surface area contributed by atoms with Crippen LogP contribution in [0.3, 0.4) is 0 Å². The highest BCUT2D eigenvalue weighted by Crippen LogP contribution is 2.32. The molecular weight excluding hydrogens is 376 g/mol. The zero-order valence-corrected chi connectivity index (χ0v) is 15.6. The van der Waals surface area contributed by atoms with Crippen LogP contribution in [0, 0.1) is 10.1 Å². The number of hydrogen-bond acceptors (Lipinski definition) is 5. The molecule has 2 heterocycles. The zero-order valence-electron chi connectivity index (χ0n) is 15.6. The molecular formula is C20H16N4O5. The van der Waals surface area contributed by atoms with Gasteiger partial charge >= 0.3 is 0 Å². The summed E-state index contributed by atoms with van der Waals surface area (Å²) in [7, 11) is 1.88. The van der Waals surface area contributed by atoms with Crippen molar-refractivity contribution in [3.8, 4) is 0 Å². The van der Waals surface area contributed by atoms with Gasteiger partial charge in [-0.3, -0.25) is 29.4 Å². The average molecular weight is 392 g/mol. The van der Waals surface area contributed by atoms with Gasteiger partial charge in [-0.2, -0.15) is 0 Å². The van der Waals surface area contributed by atoms with Gasteiger partial charge in [-0.05, 0) is 31.2 Å². The number of imide groups is 1. The third-order valence-electron chi connectivity index (χ3n) is 5.07. The van der Waals surface area contributed by atoms with E-state index in [0.717, 1.165) is 21.9 Å². The van der Waals surface area contributed by atoms with E-state index < -0.39 is 34.4 Å². The Bertz CT molecular complexity index is 1210. The molecule has 2 aromatic carbocycles. The van der Waals surface area contributed by atoms with Gasteiger partial charge in [0, 0.05) is 30.2 Å². The fourth-order valence-electron chi connectivity index (χ4n) is 3.56. The first-order chi connectivity index (χ1) is 13.8. The molecule has 1 aliphatic rings. The van der Waals surface area contributed by atoms with E-state index >= 15 is 0 Å². The van der Waals surface area contributed by atoms with Gasteiger partial charge in [-0.25, -0.2) is 0 Å². The molecule has 9 heteroatoms. The predicted molar refractivity (Wildman–Crippen MR) is 105 cm³/mol. The van der Waals surface area contributed by atoms with E-state index in [-0.39, 0.29) is 11.1 Å². The Balaban J connectivity index is 1.64. The Hall–Kier alpha value is -4.01. The number of nitrogens with zero attached hydrogens (tertiary/aromatic N) is 3. The molecule has 0 spiro atoms. The molecule has 29 heavy (non-hydrogen) atoms. The number of anilines is 1. The SMILES string of the molecule is CC(C(=O)Nc1cccc2c1ccn2C)N1C(=O)c2cccc([N+](=O)[O-])c2C1=O. The molecule has 0 aliphatic carbocycles. The maximum atomic E-state index is 12.8. The lowest BCUT2D eigenvalue weighted by atomic mass is 10.1. The van der Waals surface area contributed by atoms with Crippen LogP contribution in [-0.2, 0) is 11.8 Å². The number of nitro benzene ring substituents is 1. The van der Waals surface area contributed by atoms with Crippen molar-refractivity contribution in [2.75, 3.05) is 5.32 Å². The lowest BCUT2D eigenvalue weighted by molar-refractivity contribution is -0.385. The molecule has 0 radical (unpaired) electrons. The third-order valence-corrected chi connectivity index (χ3v) is 5.07. The highest BCUT2D eigenvalue weighted by Gasteiger charge is 2.44. The summed E-state index contributed by atoms with van der Waals surface area (Å²) in [6, 6.07) is 9.95. The third kappa shape index (κ3) is 2.75. The van der Waals surface area contributed by atoms with Crippen molar-refractivity contribution in [1.82, 2.24) is 9.47 Å². The number of aryl methyl sites for hydroxylation is 1. The van der Waals surface area contributed by atoms with Crippen LogP contribution < -0.4 is 5.32 Å². The second-order valence-corrected chi connectivity index (χ2v) is 6.77. The van der Waals surface area contributed by atoms with Crippen LogP contribution in [0.5, 0.6) is 0 Å². The van der Waals surface area contributed by atoms with Crippen LogP contribution in [0.25, 0.3) is 10.9 Å². The summed E-state index contributed by atoms with van der Waals surface area (Å²) in [5.74, 6) is -2.15. The largest absolute Gasteiger partial charge is 0.350 e. The fourth-order valence-corrected chi connectivity index (χ4v) is 3.56. The Labute approximate surface area is 164 Å². The molecule has 4 rings (SSSR count). The molecule has 1 N–H and O–H groups in total. The van der Waals surface area contributed by atoms with Gasteiger partial charge in [0.15, 0.2) is 0 Å². The van der Waals surface area contributed by atoms with Crippen molar-refractivity contribution >= 4 is 40.0 Å². The number of nitrogens with one attached hydrogen (secondary N) is 1. The average Bonchev–Trinajstić information content (AvgIpc) is 3.20. The molecule has 0 saturated heterocycles. The predicted octanol–water partition coefficient (Wildman–Crippen LogP) is 2.71. The van der Waals surface area contributed by atoms with E-state index in [9.17, 15) is 24.5 Å². The number of amides is 3. The first-order valence-corrected chi connectivity index (χ1v) is 8.81. The van der Waals surface area contributed by atoms with E-state index in [1.54, 1.807) is 12.1 Å². The number of benzene rings is 2. The standard InChI is InChI=1S/C20H16N4O5/c1-11(18(25)21-14-6-4-7-15-12(14)9-10-22(15)2)23-19(26)13-5-3-8-16(24(28)29)17(13)20(23)27/h3-11H,1-2H3,(H,21,25). The molecule has 1 unspecified atom stereocenters. The van der Waals surface area contributed by atoms with Crippen LogP contribution in [-0.4, -0.2) is 38.2 Å². The summed E-state index contributed by atoms with van der Waals surface area (Å²) in [5.41, 5.74) is 0.640. The van der Waals surface area contributed by atoms with Crippen LogP contribution in [0.1, 0.15) is 27.6 Å². The maximum Gasteiger partial charge on any atom is 0.282 e. The van der Waals surface area contributed by atoms with E-state index in [2.05, 4.69) is 5.32 Å². The van der Waals surface area contributed by atoms with E-state index in [1.807, 2.05) is 29.9 Å². The minimum Gasteiger partial charge on any atom is -0.350 e. The molecule has 146 valence electrons. The van der Waals surface area contributed by atoms with Crippen LogP contribution in [0.15, 0.2) is 48.7 Å². The highest BCUT2D eigenvalue weighted by molar-refractivity contribution is 6.25. The van der Waals surface area contributed by atoms with Crippen LogP contribution in [0.4, 0.5) is 11.4 Å². The Morgan fingerprint density at radius 2 is 1.83 bits per heavy atom. The van der Waals surface area contributed by atoms with Crippen molar-refractivity contribution in [3.63, 3.8) is 0 Å². The van der Waals surface area contributed by atoms with Gasteiger partial charge in [0.05, 0.1) is 16.2 Å². The normalized spacial score (nSPS) is 14.2. The van der Waals surface area contributed by atoms with Crippen molar-refractivity contribution in [2.24, 2.45) is 7.05 Å². The smallest absolute Gasteiger partial charge is 0.282 e. The topological polar surface area (TPSA) is 115 Å². The Morgan fingerprint density at radius 1 is 1.10 bits per heavy atom. The number of rotatable bonds is 4. The molecule has 1 aliphatic heterocycles. The number of aromatic nitrogens is 1. The second-order valence-electron chi connectivity index (χ2n) is 6.77. The molecule has 0 bridgehead atoms. The Morgan fingerprint density at radius 3 is 2.55 bits per heavy atom. The molecule has 0 fully saturated rings. The minimum atomic E-state index is -1.15. The molecule has 3 amide bonds. The van der Waals surface area contributed by atoms with E-state index in [4.69, 9.17) is 0 Å². The van der Waals surface area contributed by atoms with Gasteiger partial charge < -0.3 is 9.88 Å². The summed E-state index contributed by atoms with van der Waals surface area (Å²) in [6.45, 7) is 1.41. The number of nitro groups is 1. The number of hydrogen-bond donors (Lipinski definition) is 1. The maximum absolute atomic E-state index is 12.8. The van der Waals surface area contributed by atoms with E-state index in [1.165, 1.54) is 19.1 Å². The Kier molecular flexibility index (Phi) is 4.15. The molecule has 1 aromatic heterocycles. The second kappa shape index (κ2) is 6.55. The number of fused-ring (bicyclic) bond motifs is 2. The zero-order chi connectivity index (χ0) is 20.9. The molecule has 1 atom stereocenters. The summed E-state index contributed by atoms with van der Waals surface area (Å²) < 4.78 is 1.90. The van der Waals surface area contributed by atoms with Crippen molar-refractivity contribution in [2.45, 2.75) is 13.0 Å². The number of carbonyl (C=O) groups is 3. The van der Waals surface area contributed by atoms with Crippen LogP contribution >= 0.6 is 0 Å². The monoisotopic (exact) mass is 392 g/mol. The first-order valence-electron chi connectivity index (χ1n) is 8.81. The molecule has 0 saturated carbocycles. The first kappa shape index (κ1) is 18.4. The van der Waals surface area contributed by atoms with Gasteiger partial charge in [0.25, 0.3) is 17.5 Å². The van der Waals surface area contributed by atoms with Gasteiger partial charge in [-0.15, -0.1) is 0 Å². The van der Waals surface area contributed by atoms with E-state index in [0.29, 0.717) is 5.69 Å². The summed E-state index contributed by atoms with van der Waals surface area (Å²) >= 11 is 0. The minimum absolute atomic E-state index is 0.0750. The van der Waals surface area contributed by atoms with Crippen molar-refractivity contribution in [1.29, 1.82) is 0 Å².